The van der Waals surface area contributed by atoms with Crippen LogP contribution in [0, 0.1) is 0 Å². The van der Waals surface area contributed by atoms with Gasteiger partial charge in [-0.05, 0) is 19.3 Å². The molecule has 0 amide bonds. The van der Waals surface area contributed by atoms with E-state index in [0.717, 1.165) is 19.3 Å². The topological polar surface area (TPSA) is 46.2 Å². The third-order valence-corrected chi connectivity index (χ3v) is 4.46. The minimum Gasteiger partial charge on any atom is -0.310 e. The Morgan fingerprint density at radius 2 is 2.00 bits per heavy atom. The molecule has 1 unspecified atom stereocenters. The highest BCUT2D eigenvalue weighted by Gasteiger charge is 2.28. The predicted molar refractivity (Wildman–Crippen MR) is 54.6 cm³/mol. The number of sulfone groups is 1. The van der Waals surface area contributed by atoms with E-state index in [9.17, 15) is 8.42 Å². The molecular formula is C9H19NO2S. The van der Waals surface area contributed by atoms with E-state index in [-0.39, 0.29) is 6.04 Å². The average Bonchev–Trinajstić information content (AvgIpc) is 2.41. The van der Waals surface area contributed by atoms with Gasteiger partial charge < -0.3 is 5.32 Å². The van der Waals surface area contributed by atoms with Crippen molar-refractivity contribution in [2.75, 3.05) is 11.5 Å². The van der Waals surface area contributed by atoms with Crippen molar-refractivity contribution in [1.29, 1.82) is 0 Å². The second kappa shape index (κ2) is 4.42. The Bertz CT molecular complexity index is 244. The van der Waals surface area contributed by atoms with Crippen LogP contribution in [0.4, 0.5) is 0 Å². The fourth-order valence-electron chi connectivity index (χ4n) is 1.78. The van der Waals surface area contributed by atoms with E-state index in [1.165, 1.54) is 0 Å². The molecule has 1 rings (SSSR count). The van der Waals surface area contributed by atoms with Crippen LogP contribution in [0.2, 0.25) is 0 Å². The van der Waals surface area contributed by atoms with Crippen molar-refractivity contribution < 1.29 is 8.42 Å². The van der Waals surface area contributed by atoms with E-state index in [1.54, 1.807) is 0 Å². The van der Waals surface area contributed by atoms with Crippen LogP contribution in [-0.4, -0.2) is 32.0 Å². The van der Waals surface area contributed by atoms with Crippen LogP contribution in [0.15, 0.2) is 0 Å². The van der Waals surface area contributed by atoms with Crippen LogP contribution in [0.3, 0.4) is 0 Å². The second-order valence-electron chi connectivity index (χ2n) is 3.78. The Kier molecular flexibility index (Phi) is 3.74. The van der Waals surface area contributed by atoms with E-state index in [4.69, 9.17) is 0 Å². The maximum absolute atomic E-state index is 11.2. The lowest BCUT2D eigenvalue weighted by molar-refractivity contribution is 0.428. The average molecular weight is 205 g/mol. The zero-order valence-electron chi connectivity index (χ0n) is 8.41. The summed E-state index contributed by atoms with van der Waals surface area (Å²) < 4.78 is 22.3. The molecule has 1 N–H and O–H groups in total. The summed E-state index contributed by atoms with van der Waals surface area (Å²) in [6, 6.07) is 0.688. The monoisotopic (exact) mass is 205 g/mol. The van der Waals surface area contributed by atoms with Crippen LogP contribution in [0.5, 0.6) is 0 Å². The van der Waals surface area contributed by atoms with Crippen molar-refractivity contribution in [1.82, 2.24) is 5.32 Å². The fraction of sp³-hybridized carbons (Fsp3) is 1.00. The number of nitrogens with one attached hydrogen (secondary N) is 1. The molecule has 78 valence electrons. The summed E-state index contributed by atoms with van der Waals surface area (Å²) in [6.45, 7) is 4.26. The highest BCUT2D eigenvalue weighted by Crippen LogP contribution is 2.13. The van der Waals surface area contributed by atoms with Crippen molar-refractivity contribution >= 4 is 9.84 Å². The quantitative estimate of drug-likeness (QED) is 0.743. The maximum Gasteiger partial charge on any atom is 0.151 e. The Balaban J connectivity index is 2.39. The van der Waals surface area contributed by atoms with Crippen molar-refractivity contribution in [3.8, 4) is 0 Å². The van der Waals surface area contributed by atoms with E-state index >= 15 is 0 Å². The molecule has 1 atom stereocenters. The van der Waals surface area contributed by atoms with Gasteiger partial charge in [-0.1, -0.05) is 13.8 Å². The first-order chi connectivity index (χ1) is 6.07. The minimum absolute atomic E-state index is 0.204. The number of rotatable bonds is 4. The van der Waals surface area contributed by atoms with E-state index < -0.39 is 9.84 Å². The van der Waals surface area contributed by atoms with Gasteiger partial charge >= 0.3 is 0 Å². The van der Waals surface area contributed by atoms with Gasteiger partial charge in [0.05, 0.1) is 11.5 Å². The van der Waals surface area contributed by atoms with Gasteiger partial charge in [0.25, 0.3) is 0 Å². The molecule has 0 radical (unpaired) electrons. The standard InChI is InChI=1S/C9H19NO2S/c1-3-8(4-2)10-9-5-6-13(11,12)7-9/h8-10H,3-7H2,1-2H3. The zero-order valence-corrected chi connectivity index (χ0v) is 9.23. The van der Waals surface area contributed by atoms with Crippen LogP contribution in [-0.2, 0) is 9.84 Å². The van der Waals surface area contributed by atoms with Gasteiger partial charge in [0, 0.05) is 12.1 Å². The molecule has 13 heavy (non-hydrogen) atoms. The predicted octanol–water partition coefficient (Wildman–Crippen LogP) is 0.952. The zero-order chi connectivity index (χ0) is 9.90. The molecule has 3 nitrogen and oxygen atoms in total. The minimum atomic E-state index is -2.72. The molecule has 1 aliphatic heterocycles. The molecule has 1 saturated heterocycles. The molecule has 0 bridgehead atoms. The Labute approximate surface area is 80.8 Å². The lowest BCUT2D eigenvalue weighted by Gasteiger charge is -2.19. The summed E-state index contributed by atoms with van der Waals surface area (Å²) in [5, 5.41) is 3.39. The summed E-state index contributed by atoms with van der Waals surface area (Å²) in [6.07, 6.45) is 2.94. The number of hydrogen-bond acceptors (Lipinski definition) is 3. The Morgan fingerprint density at radius 1 is 1.38 bits per heavy atom. The molecule has 1 aliphatic rings. The van der Waals surface area contributed by atoms with Gasteiger partial charge in [0.1, 0.15) is 0 Å². The normalized spacial score (nSPS) is 26.8. The van der Waals surface area contributed by atoms with Gasteiger partial charge in [0.2, 0.25) is 0 Å². The highest BCUT2D eigenvalue weighted by atomic mass is 32.2. The van der Waals surface area contributed by atoms with Gasteiger partial charge in [-0.3, -0.25) is 0 Å². The van der Waals surface area contributed by atoms with Crippen LogP contribution >= 0.6 is 0 Å². The summed E-state index contributed by atoms with van der Waals surface area (Å²) >= 11 is 0. The first-order valence-corrected chi connectivity index (χ1v) is 6.86. The molecule has 0 saturated carbocycles. The van der Waals surface area contributed by atoms with E-state index in [0.29, 0.717) is 17.5 Å². The van der Waals surface area contributed by atoms with Crippen molar-refractivity contribution in [2.45, 2.75) is 45.2 Å². The van der Waals surface area contributed by atoms with E-state index in [2.05, 4.69) is 19.2 Å². The third kappa shape index (κ3) is 3.27. The first kappa shape index (κ1) is 11.0. The molecule has 0 aromatic rings. The second-order valence-corrected chi connectivity index (χ2v) is 6.01. The van der Waals surface area contributed by atoms with E-state index in [1.807, 2.05) is 0 Å². The fourth-order valence-corrected chi connectivity index (χ4v) is 3.47. The molecule has 0 aromatic heterocycles. The van der Waals surface area contributed by atoms with Crippen molar-refractivity contribution in [2.24, 2.45) is 0 Å². The Morgan fingerprint density at radius 3 is 2.38 bits per heavy atom. The molecule has 4 heteroatoms. The van der Waals surface area contributed by atoms with Crippen molar-refractivity contribution in [3.63, 3.8) is 0 Å². The molecule has 0 aliphatic carbocycles. The third-order valence-electron chi connectivity index (χ3n) is 2.69. The molecule has 1 fully saturated rings. The molecule has 0 spiro atoms. The summed E-state index contributed by atoms with van der Waals surface area (Å²) in [7, 11) is -2.72. The van der Waals surface area contributed by atoms with Crippen molar-refractivity contribution in [3.05, 3.63) is 0 Å². The molecule has 0 aromatic carbocycles. The lowest BCUT2D eigenvalue weighted by atomic mass is 10.1. The van der Waals surface area contributed by atoms with Gasteiger partial charge in [-0.2, -0.15) is 0 Å². The smallest absolute Gasteiger partial charge is 0.151 e. The molecular weight excluding hydrogens is 186 g/mol. The van der Waals surface area contributed by atoms with Gasteiger partial charge in [-0.25, -0.2) is 8.42 Å². The van der Waals surface area contributed by atoms with Crippen LogP contribution in [0.25, 0.3) is 0 Å². The summed E-state index contributed by atoms with van der Waals surface area (Å²) in [5.74, 6) is 0.703. The van der Waals surface area contributed by atoms with Crippen LogP contribution < -0.4 is 5.32 Å². The van der Waals surface area contributed by atoms with Gasteiger partial charge in [0.15, 0.2) is 9.84 Å². The van der Waals surface area contributed by atoms with Crippen LogP contribution in [0.1, 0.15) is 33.1 Å². The SMILES string of the molecule is CCC(CC)NC1CCS(=O)(=O)C1. The first-order valence-electron chi connectivity index (χ1n) is 5.04. The summed E-state index contributed by atoms with van der Waals surface area (Å²) in [5.41, 5.74) is 0. The Hall–Kier alpha value is -0.0900. The number of hydrogen-bond donors (Lipinski definition) is 1. The molecule has 1 heterocycles. The summed E-state index contributed by atoms with van der Waals surface area (Å²) in [4.78, 5) is 0. The highest BCUT2D eigenvalue weighted by molar-refractivity contribution is 7.91. The maximum atomic E-state index is 11.2. The van der Waals surface area contributed by atoms with Gasteiger partial charge in [-0.15, -0.1) is 0 Å². The largest absolute Gasteiger partial charge is 0.310 e. The lowest BCUT2D eigenvalue weighted by Crippen LogP contribution is -2.38.